The van der Waals surface area contributed by atoms with E-state index in [1.54, 1.807) is 0 Å². The first-order valence-corrected chi connectivity index (χ1v) is 13.6. The zero-order valence-electron chi connectivity index (χ0n) is 18.0. The van der Waals surface area contributed by atoms with Crippen LogP contribution in [0.5, 0.6) is 0 Å². The molecule has 8 nitrogen and oxygen atoms in total. The van der Waals surface area contributed by atoms with Crippen LogP contribution >= 0.6 is 0 Å². The SMILES string of the molecule is CC1(C)C2CCC1(CS(=O)(=O)O)C(=O)C2.CC1(C)[C@H]2CC[C@]1(CS(=O)(=O)O)C(=O)C2. The summed E-state index contributed by atoms with van der Waals surface area (Å²) < 4.78 is 62.0. The Morgan fingerprint density at radius 1 is 0.733 bits per heavy atom. The first kappa shape index (κ1) is 23.8. The number of Topliss-reactive ketones (excluding diaryl/α,β-unsaturated/α-hetero) is 2. The fraction of sp³-hybridized carbons (Fsp3) is 0.900. The lowest BCUT2D eigenvalue weighted by molar-refractivity contribution is -0.128. The first-order valence-electron chi connectivity index (χ1n) is 10.3. The van der Waals surface area contributed by atoms with E-state index in [1.807, 2.05) is 27.7 Å². The van der Waals surface area contributed by atoms with Crippen LogP contribution in [0.25, 0.3) is 0 Å². The minimum Gasteiger partial charge on any atom is -0.299 e. The van der Waals surface area contributed by atoms with Gasteiger partial charge in [0.05, 0.1) is 22.3 Å². The molecule has 2 unspecified atom stereocenters. The Morgan fingerprint density at radius 2 is 1.03 bits per heavy atom. The lowest BCUT2D eigenvalue weighted by Gasteiger charge is -2.35. The quantitative estimate of drug-likeness (QED) is 0.604. The number of carbonyl (C=O) groups is 2. The molecule has 0 spiro atoms. The molecule has 0 aliphatic heterocycles. The summed E-state index contributed by atoms with van der Waals surface area (Å²) in [5.74, 6) is -0.203. The fourth-order valence-corrected chi connectivity index (χ4v) is 9.44. The number of fused-ring (bicyclic) bond motifs is 4. The molecule has 0 amide bonds. The van der Waals surface area contributed by atoms with Crippen LogP contribution in [-0.4, -0.2) is 49.0 Å². The van der Waals surface area contributed by atoms with E-state index >= 15 is 0 Å². The number of hydrogen-bond acceptors (Lipinski definition) is 6. The van der Waals surface area contributed by atoms with Crippen molar-refractivity contribution in [3.63, 3.8) is 0 Å². The van der Waals surface area contributed by atoms with Crippen molar-refractivity contribution < 1.29 is 35.5 Å². The summed E-state index contributed by atoms with van der Waals surface area (Å²) >= 11 is 0. The van der Waals surface area contributed by atoms with Crippen molar-refractivity contribution in [1.82, 2.24) is 0 Å². The molecule has 0 aromatic carbocycles. The molecule has 10 heteroatoms. The zero-order chi connectivity index (χ0) is 23.0. The molecule has 4 aliphatic rings. The summed E-state index contributed by atoms with van der Waals surface area (Å²) in [4.78, 5) is 23.8. The molecule has 4 fully saturated rings. The Bertz CT molecular complexity index is 898. The Kier molecular flexibility index (Phi) is 5.42. The third-order valence-electron chi connectivity index (χ3n) is 9.14. The summed E-state index contributed by atoms with van der Waals surface area (Å²) in [6, 6.07) is 0. The first-order chi connectivity index (χ1) is 13.4. The van der Waals surface area contributed by atoms with Gasteiger partial charge in [-0.2, -0.15) is 16.8 Å². The van der Waals surface area contributed by atoms with Crippen LogP contribution in [0.4, 0.5) is 0 Å². The average Bonchev–Trinajstić information content (AvgIpc) is 3.05. The Hall–Kier alpha value is -0.840. The van der Waals surface area contributed by atoms with Gasteiger partial charge in [-0.15, -0.1) is 0 Å². The van der Waals surface area contributed by atoms with E-state index in [0.29, 0.717) is 25.7 Å². The van der Waals surface area contributed by atoms with Gasteiger partial charge in [0.25, 0.3) is 20.2 Å². The summed E-state index contributed by atoms with van der Waals surface area (Å²) in [6.45, 7) is 7.78. The standard InChI is InChI=1S/2C10H16O4S/c2*1-9(2)7-3-4-10(9,8(11)5-7)6-15(12,13)14/h2*7H,3-6H2,1-2H3,(H,12,13,14)/t7-,10-;/m0./s1. The van der Waals surface area contributed by atoms with Crippen molar-refractivity contribution in [3.8, 4) is 0 Å². The van der Waals surface area contributed by atoms with Gasteiger partial charge < -0.3 is 0 Å². The van der Waals surface area contributed by atoms with Gasteiger partial charge in [-0.1, -0.05) is 27.7 Å². The highest BCUT2D eigenvalue weighted by Crippen LogP contribution is 2.65. The van der Waals surface area contributed by atoms with Crippen LogP contribution in [0.15, 0.2) is 0 Å². The van der Waals surface area contributed by atoms with E-state index in [1.165, 1.54) is 0 Å². The molecular weight excluding hydrogens is 432 g/mol. The lowest BCUT2D eigenvalue weighted by Crippen LogP contribution is -2.42. The number of ketones is 2. The average molecular weight is 465 g/mol. The normalized spacial score (nSPS) is 38.6. The van der Waals surface area contributed by atoms with Gasteiger partial charge in [-0.05, 0) is 48.3 Å². The summed E-state index contributed by atoms with van der Waals surface area (Å²) in [5, 5.41) is 0. The smallest absolute Gasteiger partial charge is 0.265 e. The lowest BCUT2D eigenvalue weighted by atomic mass is 9.70. The minimum atomic E-state index is -4.08. The van der Waals surface area contributed by atoms with Crippen molar-refractivity contribution in [2.45, 2.75) is 66.2 Å². The number of hydrogen-bond donors (Lipinski definition) is 2. The number of carbonyl (C=O) groups excluding carboxylic acids is 2. The largest absolute Gasteiger partial charge is 0.299 e. The predicted molar refractivity (Wildman–Crippen MR) is 110 cm³/mol. The fourth-order valence-electron chi connectivity index (χ4n) is 6.84. The second kappa shape index (κ2) is 6.83. The van der Waals surface area contributed by atoms with E-state index in [9.17, 15) is 26.4 Å². The number of rotatable bonds is 4. The van der Waals surface area contributed by atoms with Crippen LogP contribution < -0.4 is 0 Å². The maximum Gasteiger partial charge on any atom is 0.265 e. The monoisotopic (exact) mass is 464 g/mol. The Labute approximate surface area is 178 Å². The summed E-state index contributed by atoms with van der Waals surface area (Å²) in [7, 11) is -8.15. The maximum atomic E-state index is 11.9. The summed E-state index contributed by atoms with van der Waals surface area (Å²) in [5.41, 5.74) is -2.24. The van der Waals surface area contributed by atoms with Crippen molar-refractivity contribution in [1.29, 1.82) is 0 Å². The van der Waals surface area contributed by atoms with Crippen molar-refractivity contribution in [3.05, 3.63) is 0 Å². The molecule has 30 heavy (non-hydrogen) atoms. The van der Waals surface area contributed by atoms with Crippen LogP contribution in [0, 0.1) is 33.5 Å². The molecule has 4 saturated carbocycles. The third-order valence-corrected chi connectivity index (χ3v) is 10.9. The van der Waals surface area contributed by atoms with Gasteiger partial charge in [0.1, 0.15) is 11.6 Å². The molecular formula is C20H32O8S2. The maximum absolute atomic E-state index is 11.9. The summed E-state index contributed by atoms with van der Waals surface area (Å²) in [6.07, 6.45) is 3.94. The second-order valence-corrected chi connectivity index (χ2v) is 13.7. The Morgan fingerprint density at radius 3 is 1.20 bits per heavy atom. The Balaban J connectivity index is 0.000000171. The predicted octanol–water partition coefficient (Wildman–Crippen LogP) is 2.54. The van der Waals surface area contributed by atoms with Crippen LogP contribution in [-0.2, 0) is 29.8 Å². The van der Waals surface area contributed by atoms with Gasteiger partial charge in [-0.3, -0.25) is 18.7 Å². The zero-order valence-corrected chi connectivity index (χ0v) is 19.6. The molecule has 0 aromatic heterocycles. The van der Waals surface area contributed by atoms with E-state index in [4.69, 9.17) is 9.11 Å². The van der Waals surface area contributed by atoms with Crippen LogP contribution in [0.1, 0.15) is 66.2 Å². The van der Waals surface area contributed by atoms with Gasteiger partial charge in [0, 0.05) is 12.8 Å². The van der Waals surface area contributed by atoms with Crippen molar-refractivity contribution in [2.75, 3.05) is 11.5 Å². The second-order valence-electron chi connectivity index (χ2n) is 10.8. The van der Waals surface area contributed by atoms with Gasteiger partial charge >= 0.3 is 0 Å². The molecule has 4 atom stereocenters. The van der Waals surface area contributed by atoms with Crippen molar-refractivity contribution >= 4 is 31.8 Å². The van der Waals surface area contributed by atoms with E-state index < -0.39 is 42.6 Å². The minimum absolute atomic E-state index is 0.0152. The molecule has 0 saturated heterocycles. The van der Waals surface area contributed by atoms with Crippen LogP contribution in [0.3, 0.4) is 0 Å². The topological polar surface area (TPSA) is 143 Å². The molecule has 0 heterocycles. The molecule has 172 valence electrons. The highest BCUT2D eigenvalue weighted by atomic mass is 32.2. The molecule has 2 N–H and O–H groups in total. The highest BCUT2D eigenvalue weighted by molar-refractivity contribution is 7.86. The van der Waals surface area contributed by atoms with E-state index in [0.717, 1.165) is 12.8 Å². The van der Waals surface area contributed by atoms with E-state index in [-0.39, 0.29) is 34.2 Å². The van der Waals surface area contributed by atoms with Crippen molar-refractivity contribution in [2.24, 2.45) is 33.5 Å². The van der Waals surface area contributed by atoms with E-state index in [2.05, 4.69) is 0 Å². The molecule has 4 aliphatic carbocycles. The third kappa shape index (κ3) is 3.47. The molecule has 4 bridgehead atoms. The molecule has 0 radical (unpaired) electrons. The highest BCUT2D eigenvalue weighted by Gasteiger charge is 2.66. The van der Waals surface area contributed by atoms with Gasteiger partial charge in [-0.25, -0.2) is 0 Å². The van der Waals surface area contributed by atoms with Gasteiger partial charge in [0.15, 0.2) is 0 Å². The van der Waals surface area contributed by atoms with Gasteiger partial charge in [0.2, 0.25) is 0 Å². The molecule has 4 rings (SSSR count). The molecule has 0 aromatic rings. The van der Waals surface area contributed by atoms with Crippen LogP contribution in [0.2, 0.25) is 0 Å².